The highest BCUT2D eigenvalue weighted by Crippen LogP contribution is 2.27. The van der Waals surface area contributed by atoms with Crippen molar-refractivity contribution in [3.05, 3.63) is 76.2 Å². The topological polar surface area (TPSA) is 80.5 Å². The number of nitrogens with one attached hydrogen (secondary N) is 1. The number of aromatic nitrogens is 2. The van der Waals surface area contributed by atoms with Gasteiger partial charge >= 0.3 is 5.97 Å². The highest BCUT2D eigenvalue weighted by Gasteiger charge is 2.21. The molecule has 9 heteroatoms. The zero-order valence-corrected chi connectivity index (χ0v) is 18.9. The van der Waals surface area contributed by atoms with Crippen molar-refractivity contribution in [3.8, 4) is 0 Å². The SMILES string of the molecule is CC(C)(C)OC(=O)C(=C\c1ccco1)/N=c1\[nH]cc(Br)nc1Sc1ccccc1F. The number of nitrogens with zero attached hydrogens (tertiary/aromatic N) is 2. The molecule has 0 aliphatic carbocycles. The van der Waals surface area contributed by atoms with Gasteiger partial charge in [-0.3, -0.25) is 0 Å². The molecule has 0 saturated carbocycles. The summed E-state index contributed by atoms with van der Waals surface area (Å²) in [4.78, 5) is 24.9. The van der Waals surface area contributed by atoms with E-state index in [0.29, 0.717) is 20.3 Å². The van der Waals surface area contributed by atoms with E-state index in [9.17, 15) is 9.18 Å². The van der Waals surface area contributed by atoms with Gasteiger partial charge in [0.1, 0.15) is 26.8 Å². The van der Waals surface area contributed by atoms with Crippen molar-refractivity contribution >= 4 is 39.7 Å². The minimum atomic E-state index is -0.707. The molecule has 0 atom stereocenters. The Balaban J connectivity index is 2.08. The predicted molar refractivity (Wildman–Crippen MR) is 115 cm³/mol. The Hall–Kier alpha value is -2.65. The number of carbonyl (C=O) groups is 1. The van der Waals surface area contributed by atoms with E-state index in [2.05, 4.69) is 30.9 Å². The van der Waals surface area contributed by atoms with Gasteiger partial charge in [0.15, 0.2) is 11.2 Å². The van der Waals surface area contributed by atoms with Crippen LogP contribution in [0.3, 0.4) is 0 Å². The molecule has 0 aliphatic rings. The quantitative estimate of drug-likeness (QED) is 0.384. The van der Waals surface area contributed by atoms with Crippen LogP contribution in [0.2, 0.25) is 0 Å². The van der Waals surface area contributed by atoms with Crippen LogP contribution in [-0.4, -0.2) is 21.5 Å². The molecule has 1 N–H and O–H groups in total. The smallest absolute Gasteiger partial charge is 0.357 e. The molecule has 3 aromatic rings. The standard InChI is InChI=1S/C21H19BrFN3O3S/c1-21(2,3)29-20(27)15(11-13-7-6-10-28-13)25-18-19(26-17(22)12-24-18)30-16-9-5-4-8-14(16)23/h4-12H,1-3H3,(H,24,25)/b15-11+. The first kappa shape index (κ1) is 22.0. The molecule has 0 bridgehead atoms. The van der Waals surface area contributed by atoms with Crippen molar-refractivity contribution < 1.29 is 18.3 Å². The summed E-state index contributed by atoms with van der Waals surface area (Å²) < 4.78 is 25.4. The van der Waals surface area contributed by atoms with Crippen molar-refractivity contribution in [2.45, 2.75) is 36.3 Å². The van der Waals surface area contributed by atoms with Crippen LogP contribution in [-0.2, 0) is 9.53 Å². The lowest BCUT2D eigenvalue weighted by atomic mass is 10.2. The minimum Gasteiger partial charge on any atom is -0.465 e. The van der Waals surface area contributed by atoms with Crippen molar-refractivity contribution in [1.82, 2.24) is 9.97 Å². The lowest BCUT2D eigenvalue weighted by Gasteiger charge is -2.19. The Labute approximate surface area is 185 Å². The van der Waals surface area contributed by atoms with E-state index in [1.54, 1.807) is 57.3 Å². The molecular weight excluding hydrogens is 473 g/mol. The maximum Gasteiger partial charge on any atom is 0.357 e. The average molecular weight is 492 g/mol. The first-order chi connectivity index (χ1) is 14.2. The molecule has 0 radical (unpaired) electrons. The predicted octanol–water partition coefficient (Wildman–Crippen LogP) is 5.34. The van der Waals surface area contributed by atoms with Gasteiger partial charge in [-0.2, -0.15) is 0 Å². The molecule has 0 saturated heterocycles. The number of rotatable bonds is 5. The Morgan fingerprint density at radius 1 is 1.30 bits per heavy atom. The molecular formula is C21H19BrFN3O3S. The number of carbonyl (C=O) groups excluding carboxylic acids is 1. The fraction of sp³-hybridized carbons (Fsp3) is 0.190. The van der Waals surface area contributed by atoms with Crippen LogP contribution in [0.4, 0.5) is 4.39 Å². The Morgan fingerprint density at radius 2 is 2.07 bits per heavy atom. The monoisotopic (exact) mass is 491 g/mol. The second kappa shape index (κ2) is 9.44. The molecule has 0 fully saturated rings. The molecule has 0 unspecified atom stereocenters. The Kier molecular flexibility index (Phi) is 6.94. The highest BCUT2D eigenvalue weighted by atomic mass is 79.9. The summed E-state index contributed by atoms with van der Waals surface area (Å²) in [7, 11) is 0. The van der Waals surface area contributed by atoms with Crippen molar-refractivity contribution in [3.63, 3.8) is 0 Å². The van der Waals surface area contributed by atoms with Crippen molar-refractivity contribution in [2.24, 2.45) is 4.99 Å². The van der Waals surface area contributed by atoms with Gasteiger partial charge in [0.25, 0.3) is 0 Å². The van der Waals surface area contributed by atoms with Gasteiger partial charge in [-0.15, -0.1) is 0 Å². The second-order valence-corrected chi connectivity index (χ2v) is 8.91. The Morgan fingerprint density at radius 3 is 2.73 bits per heavy atom. The molecule has 0 spiro atoms. The van der Waals surface area contributed by atoms with Crippen LogP contribution in [0.25, 0.3) is 6.08 Å². The molecule has 3 rings (SSSR count). The van der Waals surface area contributed by atoms with Gasteiger partial charge in [-0.1, -0.05) is 23.9 Å². The normalized spacial score (nSPS) is 12.8. The highest BCUT2D eigenvalue weighted by molar-refractivity contribution is 9.10. The number of furan rings is 1. The van der Waals surface area contributed by atoms with Crippen LogP contribution in [0, 0.1) is 5.82 Å². The third kappa shape index (κ3) is 6.17. The summed E-state index contributed by atoms with van der Waals surface area (Å²) in [6, 6.07) is 9.73. The zero-order chi connectivity index (χ0) is 21.7. The summed E-state index contributed by atoms with van der Waals surface area (Å²) in [6.07, 6.45) is 4.54. The van der Waals surface area contributed by atoms with Gasteiger partial charge < -0.3 is 14.1 Å². The van der Waals surface area contributed by atoms with Crippen molar-refractivity contribution in [2.75, 3.05) is 0 Å². The zero-order valence-electron chi connectivity index (χ0n) is 16.5. The number of ether oxygens (including phenoxy) is 1. The Bertz CT molecular complexity index is 1130. The van der Waals surface area contributed by atoms with E-state index >= 15 is 0 Å². The number of benzene rings is 1. The van der Waals surface area contributed by atoms with E-state index in [0.717, 1.165) is 11.8 Å². The third-order valence-corrected chi connectivity index (χ3v) is 4.88. The van der Waals surface area contributed by atoms with E-state index in [1.165, 1.54) is 18.4 Å². The third-order valence-electron chi connectivity index (χ3n) is 3.44. The van der Waals surface area contributed by atoms with Gasteiger partial charge in [0, 0.05) is 17.2 Å². The molecule has 6 nitrogen and oxygen atoms in total. The average Bonchev–Trinajstić information content (AvgIpc) is 3.17. The van der Waals surface area contributed by atoms with Crippen LogP contribution >= 0.6 is 27.7 Å². The minimum absolute atomic E-state index is 0.00984. The number of esters is 1. The van der Waals surface area contributed by atoms with Crippen molar-refractivity contribution in [1.29, 1.82) is 0 Å². The van der Waals surface area contributed by atoms with Crippen LogP contribution < -0.4 is 5.49 Å². The van der Waals surface area contributed by atoms with Gasteiger partial charge in [0.2, 0.25) is 0 Å². The molecule has 30 heavy (non-hydrogen) atoms. The second-order valence-electron chi connectivity index (χ2n) is 7.07. The number of hydrogen-bond donors (Lipinski definition) is 1. The van der Waals surface area contributed by atoms with Crippen LogP contribution in [0.1, 0.15) is 26.5 Å². The van der Waals surface area contributed by atoms with Crippen LogP contribution in [0.15, 0.2) is 78.5 Å². The molecule has 0 amide bonds. The van der Waals surface area contributed by atoms with E-state index in [4.69, 9.17) is 9.15 Å². The fourth-order valence-corrected chi connectivity index (χ4v) is 3.53. The molecule has 1 aromatic carbocycles. The number of halogens is 2. The maximum atomic E-state index is 14.1. The summed E-state index contributed by atoms with van der Waals surface area (Å²) in [6.45, 7) is 5.30. The first-order valence-electron chi connectivity index (χ1n) is 8.92. The molecule has 2 aromatic heterocycles. The molecule has 156 valence electrons. The summed E-state index contributed by atoms with van der Waals surface area (Å²) >= 11 is 4.39. The first-order valence-corrected chi connectivity index (χ1v) is 10.5. The lowest BCUT2D eigenvalue weighted by Crippen LogP contribution is -2.25. The fourth-order valence-electron chi connectivity index (χ4n) is 2.25. The van der Waals surface area contributed by atoms with E-state index in [1.807, 2.05) is 0 Å². The van der Waals surface area contributed by atoms with E-state index < -0.39 is 11.6 Å². The van der Waals surface area contributed by atoms with Gasteiger partial charge in [-0.05, 0) is 61.0 Å². The summed E-state index contributed by atoms with van der Waals surface area (Å²) in [5, 5.41) is 0.378. The van der Waals surface area contributed by atoms with Gasteiger partial charge in [0.05, 0.1) is 6.26 Å². The maximum absolute atomic E-state index is 14.1. The summed E-state index contributed by atoms with van der Waals surface area (Å²) in [5.74, 6) is -0.571. The van der Waals surface area contributed by atoms with Gasteiger partial charge in [-0.25, -0.2) is 19.2 Å². The number of H-pyrrole nitrogens is 1. The number of hydrogen-bond acceptors (Lipinski definition) is 6. The lowest BCUT2D eigenvalue weighted by molar-refractivity contribution is -0.149. The summed E-state index contributed by atoms with van der Waals surface area (Å²) in [5.41, 5.74) is -0.424. The number of aromatic amines is 1. The molecule has 0 aliphatic heterocycles. The molecule has 2 heterocycles. The van der Waals surface area contributed by atoms with E-state index in [-0.39, 0.29) is 17.0 Å². The largest absolute Gasteiger partial charge is 0.465 e. The van der Waals surface area contributed by atoms with Crippen LogP contribution in [0.5, 0.6) is 0 Å².